The van der Waals surface area contributed by atoms with Gasteiger partial charge in [0.1, 0.15) is 6.04 Å². The van der Waals surface area contributed by atoms with E-state index in [-0.39, 0.29) is 11.8 Å². The molecule has 0 radical (unpaired) electrons. The van der Waals surface area contributed by atoms with Gasteiger partial charge >= 0.3 is 0 Å². The molecule has 2 aliphatic rings. The predicted octanol–water partition coefficient (Wildman–Crippen LogP) is 1.90. The van der Waals surface area contributed by atoms with Crippen molar-refractivity contribution in [1.29, 1.82) is 0 Å². The highest BCUT2D eigenvalue weighted by Gasteiger charge is 2.49. The van der Waals surface area contributed by atoms with Crippen molar-refractivity contribution < 1.29 is 24.5 Å². The average Bonchev–Trinajstić information content (AvgIpc) is 3.47. The number of aliphatic hydroxyl groups excluding tert-OH is 2. The standard InChI is InChI=1S/C21H31ClN2O5/c1-13(26)21(2)12-24(20(27)17(10-25)23-22)9-16(21)15-6-7-18(28-3)19(8-15)29-11-14-4-5-14/h6-8,13-14,16-17,23,25-26H,4-5,9-12H2,1-3H3/t13-,16+,17-,21+/m1/s1. The summed E-state index contributed by atoms with van der Waals surface area (Å²) in [6.45, 7) is 4.79. The Bertz CT molecular complexity index is 723. The molecule has 2 fully saturated rings. The van der Waals surface area contributed by atoms with Crippen molar-refractivity contribution in [2.45, 2.75) is 44.8 Å². The summed E-state index contributed by atoms with van der Waals surface area (Å²) in [6, 6.07) is 4.93. The molecule has 1 saturated carbocycles. The van der Waals surface area contributed by atoms with Gasteiger partial charge in [0.05, 0.1) is 26.4 Å². The van der Waals surface area contributed by atoms with Crippen molar-refractivity contribution in [2.75, 3.05) is 33.4 Å². The summed E-state index contributed by atoms with van der Waals surface area (Å²) in [6.07, 6.45) is 1.75. The first kappa shape index (κ1) is 22.2. The van der Waals surface area contributed by atoms with E-state index in [9.17, 15) is 15.0 Å². The fraction of sp³-hybridized carbons (Fsp3) is 0.667. The molecule has 1 aromatic rings. The van der Waals surface area contributed by atoms with Crippen LogP contribution in [0.4, 0.5) is 0 Å². The predicted molar refractivity (Wildman–Crippen MR) is 110 cm³/mol. The topological polar surface area (TPSA) is 91.3 Å². The molecule has 3 rings (SSSR count). The van der Waals surface area contributed by atoms with Gasteiger partial charge in [0.25, 0.3) is 0 Å². The lowest BCUT2D eigenvalue weighted by molar-refractivity contribution is -0.133. The van der Waals surface area contributed by atoms with Crippen LogP contribution in [-0.4, -0.2) is 66.6 Å². The number of nitrogens with one attached hydrogen (secondary N) is 1. The molecule has 1 heterocycles. The zero-order valence-electron chi connectivity index (χ0n) is 17.2. The minimum Gasteiger partial charge on any atom is -0.493 e. The molecule has 8 heteroatoms. The fourth-order valence-electron chi connectivity index (χ4n) is 3.99. The first-order valence-corrected chi connectivity index (χ1v) is 10.5. The molecular weight excluding hydrogens is 396 g/mol. The Labute approximate surface area is 177 Å². The number of hydrogen-bond acceptors (Lipinski definition) is 6. The minimum absolute atomic E-state index is 0.102. The number of rotatable bonds is 9. The third-order valence-electron chi connectivity index (χ3n) is 6.37. The molecule has 1 aromatic carbocycles. The monoisotopic (exact) mass is 426 g/mol. The van der Waals surface area contributed by atoms with Gasteiger partial charge in [-0.25, -0.2) is 4.84 Å². The zero-order chi connectivity index (χ0) is 21.2. The minimum atomic E-state index is -0.873. The number of amides is 1. The Kier molecular flexibility index (Phi) is 6.94. The first-order chi connectivity index (χ1) is 13.8. The van der Waals surface area contributed by atoms with E-state index < -0.39 is 24.2 Å². The lowest BCUT2D eigenvalue weighted by Crippen LogP contribution is -2.46. The molecule has 0 unspecified atom stereocenters. The largest absolute Gasteiger partial charge is 0.493 e. The number of halogens is 1. The smallest absolute Gasteiger partial charge is 0.243 e. The maximum absolute atomic E-state index is 12.7. The highest BCUT2D eigenvalue weighted by molar-refractivity contribution is 6.15. The van der Waals surface area contributed by atoms with Crippen molar-refractivity contribution >= 4 is 17.7 Å². The van der Waals surface area contributed by atoms with Crippen molar-refractivity contribution in [3.05, 3.63) is 23.8 Å². The molecular formula is C21H31ClN2O5. The quantitative estimate of drug-likeness (QED) is 0.522. The summed E-state index contributed by atoms with van der Waals surface area (Å²) >= 11 is 5.61. The number of likely N-dealkylation sites (tertiary alicyclic amines) is 1. The number of carbonyl (C=O) groups excluding carboxylic acids is 1. The zero-order valence-corrected chi connectivity index (χ0v) is 18.0. The molecule has 1 saturated heterocycles. The van der Waals surface area contributed by atoms with Gasteiger partial charge in [0.15, 0.2) is 11.5 Å². The van der Waals surface area contributed by atoms with E-state index in [2.05, 4.69) is 4.84 Å². The summed E-state index contributed by atoms with van der Waals surface area (Å²) < 4.78 is 11.4. The van der Waals surface area contributed by atoms with E-state index >= 15 is 0 Å². The van der Waals surface area contributed by atoms with Crippen LogP contribution in [0.3, 0.4) is 0 Å². The molecule has 0 bridgehead atoms. The maximum Gasteiger partial charge on any atom is 0.243 e. The number of aliphatic hydroxyl groups is 2. The number of ether oxygens (including phenoxy) is 2. The molecule has 162 valence electrons. The third-order valence-corrected chi connectivity index (χ3v) is 6.63. The normalized spacial score (nSPS) is 26.3. The van der Waals surface area contributed by atoms with E-state index in [0.29, 0.717) is 37.1 Å². The lowest BCUT2D eigenvalue weighted by atomic mass is 9.72. The Morgan fingerprint density at radius 1 is 1.41 bits per heavy atom. The molecule has 7 nitrogen and oxygen atoms in total. The van der Waals surface area contributed by atoms with Crippen molar-refractivity contribution in [3.8, 4) is 11.5 Å². The van der Waals surface area contributed by atoms with E-state index in [1.807, 2.05) is 25.1 Å². The Hall–Kier alpha value is -1.54. The summed E-state index contributed by atoms with van der Waals surface area (Å²) in [5.74, 6) is 1.59. The molecule has 0 spiro atoms. The van der Waals surface area contributed by atoms with Gasteiger partial charge in [-0.3, -0.25) is 4.79 Å². The van der Waals surface area contributed by atoms with Gasteiger partial charge in [0.2, 0.25) is 5.91 Å². The number of carbonyl (C=O) groups is 1. The third kappa shape index (κ3) is 4.63. The fourth-order valence-corrected chi connectivity index (χ4v) is 4.15. The van der Waals surface area contributed by atoms with Gasteiger partial charge in [0, 0.05) is 24.4 Å². The van der Waals surface area contributed by atoms with E-state index in [0.717, 1.165) is 5.56 Å². The van der Waals surface area contributed by atoms with Crippen molar-refractivity contribution in [3.63, 3.8) is 0 Å². The molecule has 4 atom stereocenters. The van der Waals surface area contributed by atoms with Gasteiger partial charge in [-0.15, -0.1) is 0 Å². The Balaban J connectivity index is 1.88. The van der Waals surface area contributed by atoms with Crippen LogP contribution in [0, 0.1) is 11.3 Å². The molecule has 1 aliphatic carbocycles. The summed E-state index contributed by atoms with van der Waals surface area (Å²) in [4.78, 5) is 16.7. The van der Waals surface area contributed by atoms with Gasteiger partial charge in [-0.05, 0) is 55.2 Å². The second-order valence-corrected chi connectivity index (χ2v) is 8.68. The number of nitrogens with zero attached hydrogens (tertiary/aromatic N) is 1. The van der Waals surface area contributed by atoms with Gasteiger partial charge in [-0.2, -0.15) is 0 Å². The second-order valence-electron chi connectivity index (χ2n) is 8.46. The molecule has 0 aromatic heterocycles. The average molecular weight is 427 g/mol. The lowest BCUT2D eigenvalue weighted by Gasteiger charge is -2.34. The van der Waals surface area contributed by atoms with Crippen LogP contribution in [0.2, 0.25) is 0 Å². The maximum atomic E-state index is 12.7. The Morgan fingerprint density at radius 2 is 2.14 bits per heavy atom. The van der Waals surface area contributed by atoms with Crippen molar-refractivity contribution in [2.24, 2.45) is 11.3 Å². The SMILES string of the molecule is COc1ccc([C@@H]2CN(C(=O)[C@@H](CO)NCl)C[C@@]2(C)[C@@H](C)O)cc1OCC1CC1. The van der Waals surface area contributed by atoms with Crippen molar-refractivity contribution in [1.82, 2.24) is 9.74 Å². The summed E-state index contributed by atoms with van der Waals surface area (Å²) in [5.41, 5.74) is 0.430. The summed E-state index contributed by atoms with van der Waals surface area (Å²) in [7, 11) is 1.61. The van der Waals surface area contributed by atoms with Gasteiger partial charge < -0.3 is 24.6 Å². The van der Waals surface area contributed by atoms with Crippen LogP contribution < -0.4 is 14.3 Å². The summed E-state index contributed by atoms with van der Waals surface area (Å²) in [5, 5.41) is 20.0. The number of hydrogen-bond donors (Lipinski definition) is 3. The van der Waals surface area contributed by atoms with Crippen LogP contribution in [0.15, 0.2) is 18.2 Å². The molecule has 1 amide bonds. The van der Waals surface area contributed by atoms with Gasteiger partial charge in [-0.1, -0.05) is 13.0 Å². The molecule has 3 N–H and O–H groups in total. The van der Waals surface area contributed by atoms with E-state index in [1.165, 1.54) is 12.8 Å². The Morgan fingerprint density at radius 3 is 2.69 bits per heavy atom. The van der Waals surface area contributed by atoms with Crippen LogP contribution in [0.5, 0.6) is 11.5 Å². The molecule has 29 heavy (non-hydrogen) atoms. The second kappa shape index (κ2) is 9.08. The van der Waals surface area contributed by atoms with E-state index in [4.69, 9.17) is 21.3 Å². The highest BCUT2D eigenvalue weighted by Crippen LogP contribution is 2.47. The highest BCUT2D eigenvalue weighted by atomic mass is 35.5. The first-order valence-electron chi connectivity index (χ1n) is 10.1. The number of methoxy groups -OCH3 is 1. The molecule has 1 aliphatic heterocycles. The van der Waals surface area contributed by atoms with E-state index in [1.54, 1.807) is 18.9 Å². The van der Waals surface area contributed by atoms with Crippen LogP contribution in [0.25, 0.3) is 0 Å². The number of benzene rings is 1. The van der Waals surface area contributed by atoms with Crippen LogP contribution in [-0.2, 0) is 4.79 Å². The van der Waals surface area contributed by atoms with Crippen LogP contribution in [0.1, 0.15) is 38.2 Å². The van der Waals surface area contributed by atoms with Crippen LogP contribution >= 0.6 is 11.8 Å².